The SMILES string of the molecule is C#CCOc1cccc(CN(C)c2ccc3c(c2)OCCO3)c1. The number of anilines is 1. The molecule has 0 radical (unpaired) electrons. The molecule has 0 aliphatic carbocycles. The van der Waals surface area contributed by atoms with Gasteiger partial charge < -0.3 is 19.1 Å². The summed E-state index contributed by atoms with van der Waals surface area (Å²) in [4.78, 5) is 2.15. The standard InChI is InChI=1S/C19H19NO3/c1-3-9-21-17-6-4-5-15(12-17)14-20(2)16-7-8-18-19(13-16)23-11-10-22-18/h1,4-8,12-13H,9-11,14H2,2H3. The number of rotatable bonds is 5. The molecule has 2 aromatic rings. The predicted octanol–water partition coefficient (Wildman–Crippen LogP) is 3.11. The Morgan fingerprint density at radius 1 is 1.13 bits per heavy atom. The number of fused-ring (bicyclic) bond motifs is 1. The third kappa shape index (κ3) is 3.70. The molecule has 4 heteroatoms. The van der Waals surface area contributed by atoms with Crippen LogP contribution in [0, 0.1) is 12.3 Å². The number of hydrogen-bond acceptors (Lipinski definition) is 4. The van der Waals surface area contributed by atoms with Gasteiger partial charge in [0, 0.05) is 25.3 Å². The highest BCUT2D eigenvalue weighted by Crippen LogP contribution is 2.34. The number of nitrogens with zero attached hydrogens (tertiary/aromatic N) is 1. The van der Waals surface area contributed by atoms with E-state index < -0.39 is 0 Å². The summed E-state index contributed by atoms with van der Waals surface area (Å²) >= 11 is 0. The predicted molar refractivity (Wildman–Crippen MR) is 90.3 cm³/mol. The van der Waals surface area contributed by atoms with E-state index in [0.29, 0.717) is 13.2 Å². The third-order valence-electron chi connectivity index (χ3n) is 3.61. The highest BCUT2D eigenvalue weighted by molar-refractivity contribution is 5.56. The summed E-state index contributed by atoms with van der Waals surface area (Å²) in [6.45, 7) is 2.23. The van der Waals surface area contributed by atoms with Crippen LogP contribution in [0.15, 0.2) is 42.5 Å². The van der Waals surface area contributed by atoms with Gasteiger partial charge >= 0.3 is 0 Å². The van der Waals surface area contributed by atoms with Gasteiger partial charge in [0.05, 0.1) is 0 Å². The lowest BCUT2D eigenvalue weighted by molar-refractivity contribution is 0.171. The van der Waals surface area contributed by atoms with E-state index in [1.165, 1.54) is 0 Å². The van der Waals surface area contributed by atoms with Crippen molar-refractivity contribution < 1.29 is 14.2 Å². The molecule has 0 bridgehead atoms. The lowest BCUT2D eigenvalue weighted by atomic mass is 10.2. The van der Waals surface area contributed by atoms with Crippen LogP contribution in [0.1, 0.15) is 5.56 Å². The quantitative estimate of drug-likeness (QED) is 0.794. The maximum atomic E-state index is 5.64. The Kier molecular flexibility index (Phi) is 4.58. The van der Waals surface area contributed by atoms with Crippen LogP contribution in [-0.2, 0) is 6.54 Å². The van der Waals surface area contributed by atoms with Crippen LogP contribution >= 0.6 is 0 Å². The number of benzene rings is 2. The Morgan fingerprint density at radius 2 is 1.96 bits per heavy atom. The summed E-state index contributed by atoms with van der Waals surface area (Å²) in [5, 5.41) is 0. The van der Waals surface area contributed by atoms with Crippen molar-refractivity contribution in [3.63, 3.8) is 0 Å². The van der Waals surface area contributed by atoms with Crippen LogP contribution < -0.4 is 19.1 Å². The van der Waals surface area contributed by atoms with E-state index in [9.17, 15) is 0 Å². The first kappa shape index (κ1) is 15.1. The molecule has 2 aromatic carbocycles. The van der Waals surface area contributed by atoms with Crippen LogP contribution in [0.4, 0.5) is 5.69 Å². The van der Waals surface area contributed by atoms with Gasteiger partial charge in [-0.15, -0.1) is 6.42 Å². The van der Waals surface area contributed by atoms with Crippen molar-refractivity contribution in [1.29, 1.82) is 0 Å². The average molecular weight is 309 g/mol. The van der Waals surface area contributed by atoms with Gasteiger partial charge in [0.2, 0.25) is 0 Å². The maximum absolute atomic E-state index is 5.64. The minimum atomic E-state index is 0.279. The second kappa shape index (κ2) is 6.97. The molecule has 23 heavy (non-hydrogen) atoms. The smallest absolute Gasteiger partial charge is 0.163 e. The molecule has 0 atom stereocenters. The Labute approximate surface area is 136 Å². The van der Waals surface area contributed by atoms with Crippen molar-refractivity contribution >= 4 is 5.69 Å². The Bertz CT molecular complexity index is 721. The zero-order valence-electron chi connectivity index (χ0n) is 13.1. The zero-order chi connectivity index (χ0) is 16.1. The molecule has 0 amide bonds. The van der Waals surface area contributed by atoms with E-state index in [1.807, 2.05) is 43.4 Å². The molecule has 0 aromatic heterocycles. The van der Waals surface area contributed by atoms with Crippen molar-refractivity contribution in [3.05, 3.63) is 48.0 Å². The van der Waals surface area contributed by atoms with Crippen LogP contribution in [0.5, 0.6) is 17.2 Å². The topological polar surface area (TPSA) is 30.9 Å². The fourth-order valence-corrected chi connectivity index (χ4v) is 2.49. The van der Waals surface area contributed by atoms with E-state index in [0.717, 1.165) is 35.0 Å². The van der Waals surface area contributed by atoms with E-state index in [4.69, 9.17) is 20.6 Å². The molecule has 0 saturated carbocycles. The number of hydrogen-bond donors (Lipinski definition) is 0. The van der Waals surface area contributed by atoms with E-state index in [2.05, 4.69) is 16.9 Å². The van der Waals surface area contributed by atoms with Crippen molar-refractivity contribution in [2.24, 2.45) is 0 Å². The highest BCUT2D eigenvalue weighted by atomic mass is 16.6. The summed E-state index contributed by atoms with van der Waals surface area (Å²) in [6.07, 6.45) is 5.22. The summed E-state index contributed by atoms with van der Waals surface area (Å²) < 4.78 is 16.7. The van der Waals surface area contributed by atoms with Crippen LogP contribution in [-0.4, -0.2) is 26.9 Å². The minimum Gasteiger partial charge on any atom is -0.486 e. The van der Waals surface area contributed by atoms with Gasteiger partial charge in [0.15, 0.2) is 11.5 Å². The minimum absolute atomic E-state index is 0.279. The molecule has 0 N–H and O–H groups in total. The largest absolute Gasteiger partial charge is 0.486 e. The van der Waals surface area contributed by atoms with E-state index in [1.54, 1.807) is 0 Å². The van der Waals surface area contributed by atoms with Gasteiger partial charge in [0.1, 0.15) is 25.6 Å². The highest BCUT2D eigenvalue weighted by Gasteiger charge is 2.13. The molecular formula is C19H19NO3. The normalized spacial score (nSPS) is 12.3. The zero-order valence-corrected chi connectivity index (χ0v) is 13.1. The van der Waals surface area contributed by atoms with Gasteiger partial charge in [-0.25, -0.2) is 0 Å². The monoisotopic (exact) mass is 309 g/mol. The maximum Gasteiger partial charge on any atom is 0.163 e. The van der Waals surface area contributed by atoms with Crippen LogP contribution in [0.25, 0.3) is 0 Å². The fraction of sp³-hybridized carbons (Fsp3) is 0.263. The van der Waals surface area contributed by atoms with Gasteiger partial charge in [-0.3, -0.25) is 0 Å². The summed E-state index contributed by atoms with van der Waals surface area (Å²) in [5.41, 5.74) is 2.22. The fourth-order valence-electron chi connectivity index (χ4n) is 2.49. The van der Waals surface area contributed by atoms with Crippen molar-refractivity contribution in [3.8, 4) is 29.6 Å². The molecule has 1 aliphatic heterocycles. The molecule has 3 rings (SSSR count). The summed E-state index contributed by atoms with van der Waals surface area (Å²) in [6, 6.07) is 13.9. The number of ether oxygens (including phenoxy) is 3. The average Bonchev–Trinajstić information content (AvgIpc) is 2.60. The third-order valence-corrected chi connectivity index (χ3v) is 3.61. The van der Waals surface area contributed by atoms with Crippen molar-refractivity contribution in [1.82, 2.24) is 0 Å². The van der Waals surface area contributed by atoms with Gasteiger partial charge in [-0.1, -0.05) is 18.1 Å². The Balaban J connectivity index is 1.71. The van der Waals surface area contributed by atoms with E-state index >= 15 is 0 Å². The van der Waals surface area contributed by atoms with E-state index in [-0.39, 0.29) is 6.61 Å². The molecule has 0 saturated heterocycles. The molecule has 118 valence electrons. The first-order valence-corrected chi connectivity index (χ1v) is 7.52. The first-order chi connectivity index (χ1) is 11.3. The second-order valence-corrected chi connectivity index (χ2v) is 5.32. The van der Waals surface area contributed by atoms with Crippen molar-refractivity contribution in [2.75, 3.05) is 31.8 Å². The molecule has 4 nitrogen and oxygen atoms in total. The molecule has 1 aliphatic rings. The first-order valence-electron chi connectivity index (χ1n) is 7.52. The lowest BCUT2D eigenvalue weighted by Crippen LogP contribution is -2.18. The van der Waals surface area contributed by atoms with Gasteiger partial charge in [-0.2, -0.15) is 0 Å². The summed E-state index contributed by atoms with van der Waals surface area (Å²) in [7, 11) is 2.04. The number of terminal acetylenes is 1. The molecule has 0 fully saturated rings. The molecule has 0 spiro atoms. The molecule has 0 unspecified atom stereocenters. The summed E-state index contributed by atoms with van der Waals surface area (Å²) in [5.74, 6) is 4.86. The molecule has 1 heterocycles. The van der Waals surface area contributed by atoms with Crippen LogP contribution in [0.3, 0.4) is 0 Å². The molecular weight excluding hydrogens is 290 g/mol. The van der Waals surface area contributed by atoms with Crippen LogP contribution in [0.2, 0.25) is 0 Å². The Hall–Kier alpha value is -2.80. The lowest BCUT2D eigenvalue weighted by Gasteiger charge is -2.23. The second-order valence-electron chi connectivity index (χ2n) is 5.32. The Morgan fingerprint density at radius 3 is 2.78 bits per heavy atom. The van der Waals surface area contributed by atoms with Gasteiger partial charge in [-0.05, 0) is 29.8 Å². The van der Waals surface area contributed by atoms with Crippen molar-refractivity contribution in [2.45, 2.75) is 6.54 Å². The van der Waals surface area contributed by atoms with Gasteiger partial charge in [0.25, 0.3) is 0 Å².